The first kappa shape index (κ1) is 9.03. The van der Waals surface area contributed by atoms with Crippen molar-refractivity contribution in [2.24, 2.45) is 0 Å². The van der Waals surface area contributed by atoms with Gasteiger partial charge in [0, 0.05) is 17.0 Å². The number of rotatable bonds is 2. The first-order valence-electron chi connectivity index (χ1n) is 4.75. The van der Waals surface area contributed by atoms with Crippen LogP contribution in [0.25, 0.3) is 0 Å². The fraction of sp³-hybridized carbons (Fsp3) is 0.600. The van der Waals surface area contributed by atoms with Gasteiger partial charge in [0.1, 0.15) is 5.75 Å². The molecule has 1 aromatic heterocycles. The number of piperidine rings is 1. The molecule has 1 atom stereocenters. The highest BCUT2D eigenvalue weighted by atomic mass is 32.1. The van der Waals surface area contributed by atoms with E-state index in [9.17, 15) is 0 Å². The molecule has 0 saturated carbocycles. The topological polar surface area (TPSA) is 21.3 Å². The van der Waals surface area contributed by atoms with Crippen LogP contribution in [0.4, 0.5) is 0 Å². The summed E-state index contributed by atoms with van der Waals surface area (Å²) < 4.78 is 5.31. The third kappa shape index (κ3) is 1.86. The molecule has 1 aliphatic heterocycles. The van der Waals surface area contributed by atoms with Crippen LogP contribution in [0.1, 0.15) is 30.9 Å². The first-order valence-corrected chi connectivity index (χ1v) is 5.69. The van der Waals surface area contributed by atoms with E-state index in [1.165, 1.54) is 24.8 Å². The van der Waals surface area contributed by atoms with Crippen molar-refractivity contribution in [1.82, 2.24) is 5.32 Å². The second-order valence-electron chi connectivity index (χ2n) is 3.40. The van der Waals surface area contributed by atoms with Gasteiger partial charge >= 0.3 is 0 Å². The predicted molar refractivity (Wildman–Crippen MR) is 55.5 cm³/mol. The van der Waals surface area contributed by atoms with Crippen molar-refractivity contribution < 1.29 is 4.74 Å². The number of methoxy groups -OCH3 is 1. The van der Waals surface area contributed by atoms with Crippen LogP contribution < -0.4 is 10.1 Å². The number of hydrogen-bond acceptors (Lipinski definition) is 3. The van der Waals surface area contributed by atoms with Gasteiger partial charge in [0.2, 0.25) is 0 Å². The molecule has 2 heterocycles. The van der Waals surface area contributed by atoms with Crippen molar-refractivity contribution in [2.45, 2.75) is 25.3 Å². The Balaban J connectivity index is 2.13. The summed E-state index contributed by atoms with van der Waals surface area (Å²) in [4.78, 5) is 0. The van der Waals surface area contributed by atoms with Crippen molar-refractivity contribution in [3.8, 4) is 5.75 Å². The Labute approximate surface area is 82.9 Å². The molecule has 0 aromatic carbocycles. The van der Waals surface area contributed by atoms with E-state index in [2.05, 4.69) is 16.1 Å². The molecular formula is C10H15NOS. The molecule has 13 heavy (non-hydrogen) atoms. The molecule has 0 bridgehead atoms. The average molecular weight is 197 g/mol. The van der Waals surface area contributed by atoms with Gasteiger partial charge in [-0.2, -0.15) is 0 Å². The minimum Gasteiger partial charge on any atom is -0.496 e. The standard InChI is InChI=1S/C10H15NOS/c1-12-10-7-13-6-8(10)9-4-2-3-5-11-9/h6-7,9,11H,2-5H2,1H3. The van der Waals surface area contributed by atoms with Gasteiger partial charge in [-0.15, -0.1) is 11.3 Å². The summed E-state index contributed by atoms with van der Waals surface area (Å²) in [6.07, 6.45) is 3.88. The van der Waals surface area contributed by atoms with Crippen molar-refractivity contribution >= 4 is 11.3 Å². The van der Waals surface area contributed by atoms with Crippen molar-refractivity contribution in [2.75, 3.05) is 13.7 Å². The smallest absolute Gasteiger partial charge is 0.134 e. The van der Waals surface area contributed by atoms with Crippen molar-refractivity contribution in [3.05, 3.63) is 16.3 Å². The van der Waals surface area contributed by atoms with E-state index in [0.29, 0.717) is 6.04 Å². The molecule has 2 nitrogen and oxygen atoms in total. The number of hydrogen-bond donors (Lipinski definition) is 1. The molecule has 0 radical (unpaired) electrons. The summed E-state index contributed by atoms with van der Waals surface area (Å²) >= 11 is 1.72. The van der Waals surface area contributed by atoms with E-state index in [4.69, 9.17) is 4.74 Å². The summed E-state index contributed by atoms with van der Waals surface area (Å²) in [5, 5.41) is 7.79. The van der Waals surface area contributed by atoms with Gasteiger partial charge in [-0.3, -0.25) is 0 Å². The number of ether oxygens (including phenoxy) is 1. The highest BCUT2D eigenvalue weighted by molar-refractivity contribution is 7.08. The van der Waals surface area contributed by atoms with Crippen molar-refractivity contribution in [1.29, 1.82) is 0 Å². The molecule has 0 amide bonds. The third-order valence-electron chi connectivity index (χ3n) is 2.56. The molecule has 1 fully saturated rings. The van der Waals surface area contributed by atoms with Gasteiger partial charge in [0.25, 0.3) is 0 Å². The van der Waals surface area contributed by atoms with Crippen LogP contribution >= 0.6 is 11.3 Å². The summed E-state index contributed by atoms with van der Waals surface area (Å²) in [6.45, 7) is 1.14. The Bertz CT molecular complexity index is 266. The molecule has 0 aliphatic carbocycles. The SMILES string of the molecule is COc1cscc1C1CCCCN1. The summed E-state index contributed by atoms with van der Waals surface area (Å²) in [5.74, 6) is 1.05. The minimum absolute atomic E-state index is 0.523. The Morgan fingerprint density at radius 1 is 1.46 bits per heavy atom. The Morgan fingerprint density at radius 3 is 3.08 bits per heavy atom. The van der Waals surface area contributed by atoms with Crippen LogP contribution in [0, 0.1) is 0 Å². The van der Waals surface area contributed by atoms with Crippen LogP contribution in [0.5, 0.6) is 5.75 Å². The monoisotopic (exact) mass is 197 g/mol. The van der Waals surface area contributed by atoms with E-state index in [-0.39, 0.29) is 0 Å². The van der Waals surface area contributed by atoms with E-state index < -0.39 is 0 Å². The maximum atomic E-state index is 5.31. The Kier molecular flexibility index (Phi) is 2.86. The van der Waals surface area contributed by atoms with Crippen LogP contribution in [-0.2, 0) is 0 Å². The molecule has 3 heteroatoms. The van der Waals surface area contributed by atoms with E-state index in [1.54, 1.807) is 18.4 Å². The zero-order chi connectivity index (χ0) is 9.10. The van der Waals surface area contributed by atoms with Crippen LogP contribution in [0.15, 0.2) is 10.8 Å². The zero-order valence-electron chi connectivity index (χ0n) is 7.88. The van der Waals surface area contributed by atoms with E-state index in [0.717, 1.165) is 12.3 Å². The lowest BCUT2D eigenvalue weighted by Crippen LogP contribution is -2.26. The zero-order valence-corrected chi connectivity index (χ0v) is 8.69. The lowest BCUT2D eigenvalue weighted by atomic mass is 9.99. The second-order valence-corrected chi connectivity index (χ2v) is 4.14. The predicted octanol–water partition coefficient (Wildman–Crippen LogP) is 2.57. The Morgan fingerprint density at radius 2 is 2.38 bits per heavy atom. The third-order valence-corrected chi connectivity index (χ3v) is 3.30. The molecule has 1 saturated heterocycles. The fourth-order valence-corrected chi connectivity index (χ4v) is 2.68. The molecule has 1 aromatic rings. The number of nitrogens with one attached hydrogen (secondary N) is 1. The van der Waals surface area contributed by atoms with Gasteiger partial charge in [-0.25, -0.2) is 0 Å². The summed E-state index contributed by atoms with van der Waals surface area (Å²) in [6, 6.07) is 0.523. The van der Waals surface area contributed by atoms with Gasteiger partial charge < -0.3 is 10.1 Å². The van der Waals surface area contributed by atoms with Gasteiger partial charge in [0.15, 0.2) is 0 Å². The highest BCUT2D eigenvalue weighted by Crippen LogP contribution is 2.33. The molecule has 1 aliphatic rings. The fourth-order valence-electron chi connectivity index (χ4n) is 1.83. The molecule has 2 rings (SSSR count). The molecule has 0 spiro atoms. The first-order chi connectivity index (χ1) is 6.42. The molecule has 1 unspecified atom stereocenters. The highest BCUT2D eigenvalue weighted by Gasteiger charge is 2.18. The lowest BCUT2D eigenvalue weighted by molar-refractivity contribution is 0.376. The number of thiophene rings is 1. The molecule has 72 valence electrons. The van der Waals surface area contributed by atoms with Gasteiger partial charge in [-0.05, 0) is 24.8 Å². The summed E-state index contributed by atoms with van der Waals surface area (Å²) in [5.41, 5.74) is 1.34. The maximum Gasteiger partial charge on any atom is 0.134 e. The van der Waals surface area contributed by atoms with Gasteiger partial charge in [0.05, 0.1) is 7.11 Å². The minimum atomic E-state index is 0.523. The lowest BCUT2D eigenvalue weighted by Gasteiger charge is -2.23. The van der Waals surface area contributed by atoms with Crippen LogP contribution in [0.2, 0.25) is 0 Å². The molecular weight excluding hydrogens is 182 g/mol. The normalized spacial score (nSPS) is 23.0. The van der Waals surface area contributed by atoms with E-state index >= 15 is 0 Å². The second kappa shape index (κ2) is 4.11. The maximum absolute atomic E-state index is 5.31. The molecule has 1 N–H and O–H groups in total. The van der Waals surface area contributed by atoms with Gasteiger partial charge in [-0.1, -0.05) is 6.42 Å². The van der Waals surface area contributed by atoms with Crippen molar-refractivity contribution in [3.63, 3.8) is 0 Å². The van der Waals surface area contributed by atoms with E-state index in [1.807, 2.05) is 0 Å². The average Bonchev–Trinajstić information content (AvgIpc) is 2.67. The van der Waals surface area contributed by atoms with Crippen LogP contribution in [0.3, 0.4) is 0 Å². The summed E-state index contributed by atoms with van der Waals surface area (Å²) in [7, 11) is 1.74. The van der Waals surface area contributed by atoms with Crippen LogP contribution in [-0.4, -0.2) is 13.7 Å². The Hall–Kier alpha value is -0.540. The quantitative estimate of drug-likeness (QED) is 0.786. The largest absolute Gasteiger partial charge is 0.496 e.